The molecule has 0 spiro atoms. The van der Waals surface area contributed by atoms with E-state index in [0.29, 0.717) is 6.61 Å². The Morgan fingerprint density at radius 2 is 1.76 bits per heavy atom. The van der Waals surface area contributed by atoms with Crippen LogP contribution < -0.4 is 24.8 Å². The van der Waals surface area contributed by atoms with E-state index in [4.69, 9.17) is 5.11 Å². The second kappa shape index (κ2) is 12.7. The molecule has 1 nitrogen and oxygen atoms in total. The number of aliphatic hydroxyl groups is 1. The van der Waals surface area contributed by atoms with E-state index in [1.54, 1.807) is 0 Å². The molecule has 0 heterocycles. The molecule has 0 atom stereocenters. The molecule has 0 saturated carbocycles. The molecule has 25 heavy (non-hydrogen) atoms. The van der Waals surface area contributed by atoms with Gasteiger partial charge in [-0.1, -0.05) is 41.8 Å². The second-order valence-electron chi connectivity index (χ2n) is 5.53. The Hall–Kier alpha value is -0.657. The molecule has 1 N–H and O–H groups in total. The molecule has 0 aromatic heterocycles. The maximum Gasteiger partial charge on any atom is 4.00 e. The van der Waals surface area contributed by atoms with E-state index in [9.17, 15) is 0 Å². The molecule has 2 aliphatic carbocycles. The van der Waals surface area contributed by atoms with Gasteiger partial charge in [0.25, 0.3) is 0 Å². The summed E-state index contributed by atoms with van der Waals surface area (Å²) in [7, 11) is 0. The van der Waals surface area contributed by atoms with Gasteiger partial charge in [0.1, 0.15) is 0 Å². The van der Waals surface area contributed by atoms with Crippen molar-refractivity contribution in [1.82, 2.24) is 0 Å². The summed E-state index contributed by atoms with van der Waals surface area (Å²) >= 11 is 0. The molecule has 4 rings (SSSR count). The molecule has 128 valence electrons. The van der Waals surface area contributed by atoms with Crippen molar-refractivity contribution in [2.45, 2.75) is 25.7 Å². The maximum atomic E-state index is 8.46. The van der Waals surface area contributed by atoms with Gasteiger partial charge in [0.15, 0.2) is 0 Å². The van der Waals surface area contributed by atoms with E-state index >= 15 is 0 Å². The third-order valence-electron chi connectivity index (χ3n) is 3.99. The van der Waals surface area contributed by atoms with Crippen molar-refractivity contribution >= 4 is 0 Å². The van der Waals surface area contributed by atoms with E-state index in [-0.39, 0.29) is 51.0 Å². The Labute approximate surface area is 182 Å². The minimum Gasteiger partial charge on any atom is -1.00 e. The summed E-state index contributed by atoms with van der Waals surface area (Å²) in [4.78, 5) is 0. The van der Waals surface area contributed by atoms with Crippen molar-refractivity contribution < 1.29 is 56.1 Å². The number of halogens is 2. The molecule has 2 aromatic rings. The second-order valence-corrected chi connectivity index (χ2v) is 5.53. The molecule has 4 heteroatoms. The number of aliphatic hydroxyl groups excluding tert-OH is 1. The Bertz CT molecular complexity index is 667. The van der Waals surface area contributed by atoms with Gasteiger partial charge in [-0.05, 0) is 12.8 Å². The topological polar surface area (TPSA) is 20.2 Å². The monoisotopic (exact) mass is 448 g/mol. The van der Waals surface area contributed by atoms with Crippen molar-refractivity contribution in [1.29, 1.82) is 0 Å². The number of benzene rings is 2. The van der Waals surface area contributed by atoms with Gasteiger partial charge in [0.2, 0.25) is 0 Å². The molecule has 0 unspecified atom stereocenters. The standard InChI is InChI=1S/C13H9.C8H11O.2ClH.Zr/c1-3-7-12-10(5-1)9-11-6-2-4-8-13(11)12;9-7-3-6-8-4-1-2-5-8;;;/h1-5,7-8H,9H2;1,4,9H,2-3,6-7H2;2*1H;/q2*-1;;;+4/p-2. The fraction of sp³-hybridized carbons (Fsp3) is 0.238. The zero-order chi connectivity index (χ0) is 15.2. The number of fused-ring (bicyclic) bond motifs is 3. The van der Waals surface area contributed by atoms with Crippen molar-refractivity contribution in [3.8, 4) is 11.1 Å². The van der Waals surface area contributed by atoms with Crippen LogP contribution in [0.25, 0.3) is 11.1 Å². The Morgan fingerprint density at radius 3 is 2.48 bits per heavy atom. The van der Waals surface area contributed by atoms with Gasteiger partial charge in [-0.2, -0.15) is 35.9 Å². The first-order valence-corrected chi connectivity index (χ1v) is 7.83. The maximum absolute atomic E-state index is 8.46. The summed E-state index contributed by atoms with van der Waals surface area (Å²) in [5, 5.41) is 8.46. The van der Waals surface area contributed by atoms with Crippen molar-refractivity contribution in [2.24, 2.45) is 0 Å². The molecule has 0 radical (unpaired) electrons. The largest absolute Gasteiger partial charge is 4.00 e. The van der Waals surface area contributed by atoms with E-state index in [2.05, 4.69) is 60.7 Å². The van der Waals surface area contributed by atoms with Crippen molar-refractivity contribution in [3.05, 3.63) is 83.5 Å². The van der Waals surface area contributed by atoms with Crippen LogP contribution in [0.2, 0.25) is 0 Å². The van der Waals surface area contributed by atoms with Gasteiger partial charge in [-0.3, -0.25) is 6.08 Å². The predicted molar refractivity (Wildman–Crippen MR) is 90.4 cm³/mol. The minimum atomic E-state index is 0. The van der Waals surface area contributed by atoms with Gasteiger partial charge in [-0.25, -0.2) is 11.6 Å². The van der Waals surface area contributed by atoms with E-state index < -0.39 is 0 Å². The quantitative estimate of drug-likeness (QED) is 0.483. The van der Waals surface area contributed by atoms with Crippen LogP contribution in [0.15, 0.2) is 60.2 Å². The Morgan fingerprint density at radius 1 is 1.00 bits per heavy atom. The number of allylic oxidation sites excluding steroid dienone is 4. The average Bonchev–Trinajstić information content (AvgIpc) is 3.21. The third kappa shape index (κ3) is 6.53. The van der Waals surface area contributed by atoms with Crippen LogP contribution in [-0.4, -0.2) is 11.7 Å². The van der Waals surface area contributed by atoms with Gasteiger partial charge in [0, 0.05) is 6.61 Å². The van der Waals surface area contributed by atoms with Gasteiger partial charge >= 0.3 is 26.2 Å². The number of hydrogen-bond acceptors (Lipinski definition) is 1. The minimum absolute atomic E-state index is 0. The van der Waals surface area contributed by atoms with Gasteiger partial charge in [0.05, 0.1) is 0 Å². The molecule has 2 aromatic carbocycles. The van der Waals surface area contributed by atoms with Crippen LogP contribution in [0.1, 0.15) is 30.4 Å². The zero-order valence-corrected chi connectivity index (χ0v) is 17.9. The molecule has 0 fully saturated rings. The van der Waals surface area contributed by atoms with Crippen LogP contribution in [0.3, 0.4) is 0 Å². The van der Waals surface area contributed by atoms with Gasteiger partial charge in [-0.15, -0.1) is 12.0 Å². The smallest absolute Gasteiger partial charge is 1.00 e. The molecule has 0 saturated heterocycles. The summed E-state index contributed by atoms with van der Waals surface area (Å²) in [5.41, 5.74) is 6.76. The first-order chi connectivity index (χ1) is 10.9. The predicted octanol–water partition coefficient (Wildman–Crippen LogP) is -1.49. The molecular formula is C21H20Cl2OZr. The molecule has 2 aliphatic rings. The zero-order valence-electron chi connectivity index (χ0n) is 13.9. The Balaban J connectivity index is 0.000000435. The SMILES string of the molecule is OCCCC1=[C-]CC=C1.[Cl-].[Cl-].[Zr+4].[c-]1cccc2c1Cc1ccccc1-2. The van der Waals surface area contributed by atoms with Crippen LogP contribution >= 0.6 is 0 Å². The van der Waals surface area contributed by atoms with Crippen LogP contribution in [0.4, 0.5) is 0 Å². The molecule has 0 aliphatic heterocycles. The average molecular weight is 451 g/mol. The summed E-state index contributed by atoms with van der Waals surface area (Å²) in [6, 6.07) is 18.1. The summed E-state index contributed by atoms with van der Waals surface area (Å²) in [6.45, 7) is 0.291. The van der Waals surface area contributed by atoms with Gasteiger partial charge < -0.3 is 29.9 Å². The Kier molecular flexibility index (Phi) is 12.3. The van der Waals surface area contributed by atoms with E-state index in [0.717, 1.165) is 25.7 Å². The summed E-state index contributed by atoms with van der Waals surface area (Å²) in [6.07, 6.45) is 11.2. The normalized spacial score (nSPS) is 12.3. The first-order valence-electron chi connectivity index (χ1n) is 7.83. The van der Waals surface area contributed by atoms with Crippen LogP contribution in [0, 0.1) is 12.1 Å². The first kappa shape index (κ1) is 24.3. The molecule has 0 amide bonds. The van der Waals surface area contributed by atoms with Crippen molar-refractivity contribution in [3.63, 3.8) is 0 Å². The molecule has 0 bridgehead atoms. The fourth-order valence-corrected chi connectivity index (χ4v) is 2.89. The summed E-state index contributed by atoms with van der Waals surface area (Å²) < 4.78 is 0. The van der Waals surface area contributed by atoms with E-state index in [1.807, 2.05) is 6.07 Å². The fourth-order valence-electron chi connectivity index (χ4n) is 2.89. The number of hydrogen-bond donors (Lipinski definition) is 1. The van der Waals surface area contributed by atoms with Crippen LogP contribution in [0.5, 0.6) is 0 Å². The van der Waals surface area contributed by atoms with Crippen molar-refractivity contribution in [2.75, 3.05) is 6.61 Å². The summed E-state index contributed by atoms with van der Waals surface area (Å²) in [5.74, 6) is 0. The van der Waals surface area contributed by atoms with Crippen LogP contribution in [-0.2, 0) is 32.6 Å². The molecular weight excluding hydrogens is 430 g/mol. The van der Waals surface area contributed by atoms with E-state index in [1.165, 1.54) is 27.8 Å². The third-order valence-corrected chi connectivity index (χ3v) is 3.99. The number of rotatable bonds is 3.